The molecule has 2 aliphatic rings. The molecular formula is C23H24F3N3O2. The molecule has 2 aromatic carbocycles. The van der Waals surface area contributed by atoms with E-state index in [0.717, 1.165) is 30.7 Å². The van der Waals surface area contributed by atoms with E-state index in [2.05, 4.69) is 0 Å². The van der Waals surface area contributed by atoms with Gasteiger partial charge in [0.1, 0.15) is 0 Å². The van der Waals surface area contributed by atoms with Crippen molar-refractivity contribution < 1.29 is 22.8 Å². The molecule has 2 saturated heterocycles. The standard InChI is InChI=1S/C23H24F3N3O2/c24-23(25,26)19-6-2-7-20(15-19)27-10-12-28(13-11-27)22(31)18-5-1-4-17(14-18)16-29-9-3-8-21(29)30/h1-2,4-7,14-15H,3,8-13,16H2. The first-order valence-corrected chi connectivity index (χ1v) is 10.4. The van der Waals surface area contributed by atoms with Gasteiger partial charge in [-0.15, -0.1) is 0 Å². The molecule has 5 nitrogen and oxygen atoms in total. The van der Waals surface area contributed by atoms with Crippen molar-refractivity contribution in [3.8, 4) is 0 Å². The summed E-state index contributed by atoms with van der Waals surface area (Å²) in [5.74, 6) is 0.0423. The van der Waals surface area contributed by atoms with E-state index in [1.807, 2.05) is 23.1 Å². The van der Waals surface area contributed by atoms with Crippen LogP contribution in [-0.2, 0) is 17.5 Å². The Balaban J connectivity index is 1.38. The summed E-state index contributed by atoms with van der Waals surface area (Å²) >= 11 is 0. The molecule has 2 amide bonds. The van der Waals surface area contributed by atoms with Crippen LogP contribution in [0.2, 0.25) is 0 Å². The number of halogens is 3. The molecule has 0 atom stereocenters. The summed E-state index contributed by atoms with van der Waals surface area (Å²) in [4.78, 5) is 30.2. The number of benzene rings is 2. The van der Waals surface area contributed by atoms with Gasteiger partial charge in [-0.25, -0.2) is 0 Å². The second kappa shape index (κ2) is 8.61. The average Bonchev–Trinajstić information content (AvgIpc) is 3.17. The lowest BCUT2D eigenvalue weighted by Crippen LogP contribution is -2.48. The zero-order valence-corrected chi connectivity index (χ0v) is 17.1. The Bertz CT molecular complexity index is 969. The predicted octanol–water partition coefficient (Wildman–Crippen LogP) is 3.79. The molecule has 2 aromatic rings. The van der Waals surface area contributed by atoms with Crippen molar-refractivity contribution in [1.82, 2.24) is 9.80 Å². The van der Waals surface area contributed by atoms with Crippen LogP contribution in [0, 0.1) is 0 Å². The fraction of sp³-hybridized carbons (Fsp3) is 0.391. The number of rotatable bonds is 4. The molecule has 0 spiro atoms. The van der Waals surface area contributed by atoms with E-state index in [1.54, 1.807) is 21.9 Å². The summed E-state index contributed by atoms with van der Waals surface area (Å²) in [6.45, 7) is 3.05. The second-order valence-corrected chi connectivity index (χ2v) is 7.95. The normalized spacial score (nSPS) is 17.4. The molecule has 164 valence electrons. The van der Waals surface area contributed by atoms with Gasteiger partial charge in [0.2, 0.25) is 5.91 Å². The molecular weight excluding hydrogens is 407 g/mol. The summed E-state index contributed by atoms with van der Waals surface area (Å²) in [5.41, 5.74) is 1.33. The fourth-order valence-electron chi connectivity index (χ4n) is 4.12. The van der Waals surface area contributed by atoms with Crippen molar-refractivity contribution in [1.29, 1.82) is 0 Å². The van der Waals surface area contributed by atoms with Crippen molar-refractivity contribution in [2.45, 2.75) is 25.6 Å². The number of carbonyl (C=O) groups excluding carboxylic acids is 2. The maximum Gasteiger partial charge on any atom is 0.416 e. The largest absolute Gasteiger partial charge is 0.416 e. The number of piperazine rings is 1. The van der Waals surface area contributed by atoms with Crippen LogP contribution < -0.4 is 4.90 Å². The zero-order valence-electron chi connectivity index (χ0n) is 17.1. The number of alkyl halides is 3. The molecule has 0 bridgehead atoms. The van der Waals surface area contributed by atoms with Gasteiger partial charge < -0.3 is 14.7 Å². The van der Waals surface area contributed by atoms with Gasteiger partial charge in [0.05, 0.1) is 5.56 Å². The monoisotopic (exact) mass is 431 g/mol. The van der Waals surface area contributed by atoms with Crippen LogP contribution in [0.15, 0.2) is 48.5 Å². The van der Waals surface area contributed by atoms with E-state index in [-0.39, 0.29) is 11.8 Å². The van der Waals surface area contributed by atoms with E-state index in [0.29, 0.717) is 50.4 Å². The number of amides is 2. The molecule has 0 unspecified atom stereocenters. The molecule has 4 rings (SSSR count). The lowest BCUT2D eigenvalue weighted by molar-refractivity contribution is -0.137. The lowest BCUT2D eigenvalue weighted by atomic mass is 10.1. The third-order valence-corrected chi connectivity index (χ3v) is 5.82. The molecule has 2 fully saturated rings. The number of anilines is 1. The van der Waals surface area contributed by atoms with E-state index in [4.69, 9.17) is 0 Å². The van der Waals surface area contributed by atoms with Gasteiger partial charge >= 0.3 is 6.18 Å². The highest BCUT2D eigenvalue weighted by Crippen LogP contribution is 2.32. The van der Waals surface area contributed by atoms with Crippen LogP contribution in [0.1, 0.15) is 34.3 Å². The van der Waals surface area contributed by atoms with Crippen LogP contribution in [0.3, 0.4) is 0 Å². The summed E-state index contributed by atoms with van der Waals surface area (Å²) in [6, 6.07) is 12.6. The number of hydrogen-bond acceptors (Lipinski definition) is 3. The van der Waals surface area contributed by atoms with Gasteiger partial charge in [0.25, 0.3) is 5.91 Å². The zero-order chi connectivity index (χ0) is 22.0. The lowest BCUT2D eigenvalue weighted by Gasteiger charge is -2.36. The van der Waals surface area contributed by atoms with Gasteiger partial charge in [-0.05, 0) is 42.3 Å². The van der Waals surface area contributed by atoms with Crippen LogP contribution in [0.4, 0.5) is 18.9 Å². The average molecular weight is 431 g/mol. The van der Waals surface area contributed by atoms with E-state index in [9.17, 15) is 22.8 Å². The minimum Gasteiger partial charge on any atom is -0.368 e. The predicted molar refractivity (Wildman–Crippen MR) is 111 cm³/mol. The molecule has 8 heteroatoms. The second-order valence-electron chi connectivity index (χ2n) is 7.95. The molecule has 0 N–H and O–H groups in total. The number of hydrogen-bond donors (Lipinski definition) is 0. The first-order valence-electron chi connectivity index (χ1n) is 10.4. The highest BCUT2D eigenvalue weighted by atomic mass is 19.4. The molecule has 2 heterocycles. The van der Waals surface area contributed by atoms with Crippen LogP contribution in [0.5, 0.6) is 0 Å². The Morgan fingerprint density at radius 3 is 2.35 bits per heavy atom. The third kappa shape index (κ3) is 4.84. The Hall–Kier alpha value is -3.03. The van der Waals surface area contributed by atoms with Crippen molar-refractivity contribution >= 4 is 17.5 Å². The third-order valence-electron chi connectivity index (χ3n) is 5.82. The summed E-state index contributed by atoms with van der Waals surface area (Å²) in [6.07, 6.45) is -2.93. The van der Waals surface area contributed by atoms with Gasteiger partial charge in [-0.2, -0.15) is 13.2 Å². The molecule has 0 saturated carbocycles. The topological polar surface area (TPSA) is 43.9 Å². The molecule has 0 aliphatic carbocycles. The fourth-order valence-corrected chi connectivity index (χ4v) is 4.12. The van der Waals surface area contributed by atoms with Gasteiger partial charge in [0, 0.05) is 56.9 Å². The van der Waals surface area contributed by atoms with E-state index in [1.165, 1.54) is 6.07 Å². The first kappa shape index (κ1) is 21.2. The van der Waals surface area contributed by atoms with Gasteiger partial charge in [-0.1, -0.05) is 18.2 Å². The number of nitrogens with zero attached hydrogens (tertiary/aromatic N) is 3. The van der Waals surface area contributed by atoms with Gasteiger partial charge in [0.15, 0.2) is 0 Å². The molecule has 31 heavy (non-hydrogen) atoms. The Morgan fingerprint density at radius 1 is 0.935 bits per heavy atom. The van der Waals surface area contributed by atoms with Crippen LogP contribution in [0.25, 0.3) is 0 Å². The van der Waals surface area contributed by atoms with E-state index < -0.39 is 11.7 Å². The quantitative estimate of drug-likeness (QED) is 0.740. The first-order chi connectivity index (χ1) is 14.8. The highest BCUT2D eigenvalue weighted by molar-refractivity contribution is 5.94. The SMILES string of the molecule is O=C1CCCN1Cc1cccc(C(=O)N2CCN(c3cccc(C(F)(F)F)c3)CC2)c1. The molecule has 0 aromatic heterocycles. The summed E-state index contributed by atoms with van der Waals surface area (Å²) in [5, 5.41) is 0. The van der Waals surface area contributed by atoms with Crippen molar-refractivity contribution in [3.63, 3.8) is 0 Å². The maximum atomic E-state index is 13.0. The van der Waals surface area contributed by atoms with Crippen molar-refractivity contribution in [2.75, 3.05) is 37.6 Å². The summed E-state index contributed by atoms with van der Waals surface area (Å²) < 4.78 is 38.9. The maximum absolute atomic E-state index is 13.0. The van der Waals surface area contributed by atoms with Crippen LogP contribution in [-0.4, -0.2) is 54.3 Å². The Kier molecular flexibility index (Phi) is 5.89. The Labute approximate surface area is 179 Å². The Morgan fingerprint density at radius 2 is 1.68 bits per heavy atom. The highest BCUT2D eigenvalue weighted by Gasteiger charge is 2.31. The molecule has 2 aliphatic heterocycles. The minimum absolute atomic E-state index is 0.0988. The van der Waals surface area contributed by atoms with E-state index >= 15 is 0 Å². The van der Waals surface area contributed by atoms with Crippen LogP contribution >= 0.6 is 0 Å². The van der Waals surface area contributed by atoms with Gasteiger partial charge in [-0.3, -0.25) is 9.59 Å². The molecule has 0 radical (unpaired) electrons. The van der Waals surface area contributed by atoms with Crippen molar-refractivity contribution in [2.24, 2.45) is 0 Å². The smallest absolute Gasteiger partial charge is 0.368 e. The van der Waals surface area contributed by atoms with Crippen molar-refractivity contribution in [3.05, 3.63) is 65.2 Å². The number of carbonyl (C=O) groups is 2. The number of likely N-dealkylation sites (tertiary alicyclic amines) is 1. The summed E-state index contributed by atoms with van der Waals surface area (Å²) in [7, 11) is 0. The minimum atomic E-state index is -4.38.